The van der Waals surface area contributed by atoms with Crippen LogP contribution in [0.3, 0.4) is 0 Å². The van der Waals surface area contributed by atoms with Crippen molar-refractivity contribution in [2.24, 2.45) is 0 Å². The van der Waals surface area contributed by atoms with Gasteiger partial charge in [-0.15, -0.1) is 11.3 Å². The molecule has 20 heavy (non-hydrogen) atoms. The first-order valence-electron chi connectivity index (χ1n) is 5.88. The van der Waals surface area contributed by atoms with Crippen LogP contribution in [0.25, 0.3) is 0 Å². The summed E-state index contributed by atoms with van der Waals surface area (Å²) in [6.07, 6.45) is 0.353. The second-order valence-corrected chi connectivity index (χ2v) is 6.72. The largest absolute Gasteiger partial charge is 0.395 e. The van der Waals surface area contributed by atoms with E-state index in [4.69, 9.17) is 5.11 Å². The van der Waals surface area contributed by atoms with E-state index < -0.39 is 10.0 Å². The van der Waals surface area contributed by atoms with Crippen LogP contribution in [0.4, 0.5) is 5.69 Å². The maximum absolute atomic E-state index is 12.2. The number of rotatable bonds is 4. The topological polar surface area (TPSA) is 66.4 Å². The van der Waals surface area contributed by atoms with Gasteiger partial charge in [0, 0.05) is 12.0 Å². The molecule has 0 saturated carbocycles. The van der Waals surface area contributed by atoms with Crippen molar-refractivity contribution in [3.05, 3.63) is 47.3 Å². The minimum atomic E-state index is -3.57. The molecule has 4 nitrogen and oxygen atoms in total. The summed E-state index contributed by atoms with van der Waals surface area (Å²) < 4.78 is 27.1. The molecule has 0 atom stereocenters. The summed E-state index contributed by atoms with van der Waals surface area (Å²) in [5.74, 6) is 5.63. The van der Waals surface area contributed by atoms with Gasteiger partial charge in [-0.1, -0.05) is 30.0 Å². The maximum atomic E-state index is 12.2. The molecule has 6 heteroatoms. The van der Waals surface area contributed by atoms with Crippen molar-refractivity contribution in [3.8, 4) is 11.8 Å². The van der Waals surface area contributed by atoms with E-state index in [9.17, 15) is 8.42 Å². The Hall–Kier alpha value is -1.81. The first-order valence-corrected chi connectivity index (χ1v) is 8.25. The van der Waals surface area contributed by atoms with Gasteiger partial charge in [-0.3, -0.25) is 4.72 Å². The standard InChI is InChI=1S/C14H13NO3S2/c16-10-4-3-7-12-6-1-2-8-13(12)15-20(17,18)14-9-5-11-19-14/h1-2,5-6,8-9,11,15-16H,4,10H2. The van der Waals surface area contributed by atoms with Crippen molar-refractivity contribution in [2.75, 3.05) is 11.3 Å². The fraction of sp³-hybridized carbons (Fsp3) is 0.143. The van der Waals surface area contributed by atoms with Gasteiger partial charge in [0.25, 0.3) is 10.0 Å². The number of nitrogens with one attached hydrogen (secondary N) is 1. The average Bonchev–Trinajstić information content (AvgIpc) is 2.95. The summed E-state index contributed by atoms with van der Waals surface area (Å²) in [4.78, 5) is 0. The highest BCUT2D eigenvalue weighted by atomic mass is 32.2. The third-order valence-corrected chi connectivity index (χ3v) is 5.15. The Morgan fingerprint density at radius 1 is 1.20 bits per heavy atom. The Bertz CT molecular complexity index is 725. The third-order valence-electron chi connectivity index (χ3n) is 2.39. The van der Waals surface area contributed by atoms with Crippen molar-refractivity contribution >= 4 is 27.0 Å². The molecule has 104 valence electrons. The number of hydrogen-bond donors (Lipinski definition) is 2. The molecule has 0 spiro atoms. The van der Waals surface area contributed by atoms with Crippen molar-refractivity contribution in [1.82, 2.24) is 0 Å². The summed E-state index contributed by atoms with van der Waals surface area (Å²) in [7, 11) is -3.57. The molecule has 2 N–H and O–H groups in total. The lowest BCUT2D eigenvalue weighted by Gasteiger charge is -2.08. The molecule has 0 aliphatic rings. The molecule has 2 aromatic rings. The molecular weight excluding hydrogens is 294 g/mol. The van der Waals surface area contributed by atoms with Crippen molar-refractivity contribution in [3.63, 3.8) is 0 Å². The van der Waals surface area contributed by atoms with Gasteiger partial charge >= 0.3 is 0 Å². The predicted molar refractivity (Wildman–Crippen MR) is 80.2 cm³/mol. The monoisotopic (exact) mass is 307 g/mol. The van der Waals surface area contributed by atoms with Crippen LogP contribution in [-0.2, 0) is 10.0 Å². The fourth-order valence-electron chi connectivity index (χ4n) is 1.51. The number of thiophene rings is 1. The maximum Gasteiger partial charge on any atom is 0.271 e. The van der Waals surface area contributed by atoms with Gasteiger partial charge in [-0.05, 0) is 23.6 Å². The number of para-hydroxylation sites is 1. The normalized spacial score (nSPS) is 10.7. The van der Waals surface area contributed by atoms with E-state index in [0.29, 0.717) is 17.7 Å². The molecule has 2 rings (SSSR count). The van der Waals surface area contributed by atoms with Crippen molar-refractivity contribution < 1.29 is 13.5 Å². The third kappa shape index (κ3) is 3.61. The molecule has 1 aromatic carbocycles. The second kappa shape index (κ2) is 6.57. The summed E-state index contributed by atoms with van der Waals surface area (Å²) >= 11 is 1.16. The average molecular weight is 307 g/mol. The number of benzene rings is 1. The van der Waals surface area contributed by atoms with Crippen LogP contribution in [-0.4, -0.2) is 20.1 Å². The molecule has 0 aliphatic heterocycles. The molecule has 1 aromatic heterocycles. The number of sulfonamides is 1. The van der Waals surface area contributed by atoms with Crippen LogP contribution in [0.5, 0.6) is 0 Å². The van der Waals surface area contributed by atoms with Crippen LogP contribution in [0, 0.1) is 11.8 Å². The van der Waals surface area contributed by atoms with E-state index in [1.807, 2.05) is 0 Å². The van der Waals surface area contributed by atoms with E-state index in [2.05, 4.69) is 16.6 Å². The van der Waals surface area contributed by atoms with Crippen LogP contribution in [0.15, 0.2) is 46.0 Å². The molecule has 0 amide bonds. The smallest absolute Gasteiger partial charge is 0.271 e. The first-order chi connectivity index (χ1) is 9.63. The quantitative estimate of drug-likeness (QED) is 0.852. The van der Waals surface area contributed by atoms with Crippen molar-refractivity contribution in [2.45, 2.75) is 10.6 Å². The van der Waals surface area contributed by atoms with Crippen LogP contribution < -0.4 is 4.72 Å². The molecule has 0 bridgehead atoms. The van der Waals surface area contributed by atoms with E-state index in [1.165, 1.54) is 0 Å². The minimum absolute atomic E-state index is 0.0178. The molecule has 0 radical (unpaired) electrons. The highest BCUT2D eigenvalue weighted by molar-refractivity contribution is 7.94. The number of anilines is 1. The lowest BCUT2D eigenvalue weighted by atomic mass is 10.2. The highest BCUT2D eigenvalue weighted by Crippen LogP contribution is 2.22. The van der Waals surface area contributed by atoms with Crippen LogP contribution in [0.1, 0.15) is 12.0 Å². The van der Waals surface area contributed by atoms with Crippen LogP contribution in [0.2, 0.25) is 0 Å². The highest BCUT2D eigenvalue weighted by Gasteiger charge is 2.16. The first kappa shape index (κ1) is 14.6. The Morgan fingerprint density at radius 2 is 2.00 bits per heavy atom. The summed E-state index contributed by atoms with van der Waals surface area (Å²) in [6.45, 7) is -0.0178. The fourth-order valence-corrected chi connectivity index (χ4v) is 3.58. The SMILES string of the molecule is O=S(=O)(Nc1ccccc1C#CCCO)c1cccs1. The minimum Gasteiger partial charge on any atom is -0.395 e. The Kier molecular flexibility index (Phi) is 4.79. The van der Waals surface area contributed by atoms with Gasteiger partial charge in [0.05, 0.1) is 12.3 Å². The molecule has 0 unspecified atom stereocenters. The molecule has 0 fully saturated rings. The molecule has 0 saturated heterocycles. The van der Waals surface area contributed by atoms with E-state index >= 15 is 0 Å². The second-order valence-electron chi connectivity index (χ2n) is 3.86. The van der Waals surface area contributed by atoms with E-state index in [1.54, 1.807) is 41.8 Å². The molecule has 0 aliphatic carbocycles. The zero-order valence-corrected chi connectivity index (χ0v) is 12.2. The summed E-state index contributed by atoms with van der Waals surface area (Å²) in [5, 5.41) is 10.4. The van der Waals surface area contributed by atoms with Gasteiger partial charge in [0.15, 0.2) is 0 Å². The van der Waals surface area contributed by atoms with Gasteiger partial charge in [0.1, 0.15) is 4.21 Å². The van der Waals surface area contributed by atoms with Crippen LogP contribution >= 0.6 is 11.3 Å². The Morgan fingerprint density at radius 3 is 2.70 bits per heavy atom. The number of aliphatic hydroxyl groups excluding tert-OH is 1. The zero-order valence-electron chi connectivity index (χ0n) is 10.5. The zero-order chi connectivity index (χ0) is 14.4. The Balaban J connectivity index is 2.29. The van der Waals surface area contributed by atoms with Gasteiger partial charge in [-0.25, -0.2) is 8.42 Å². The van der Waals surface area contributed by atoms with Crippen molar-refractivity contribution in [1.29, 1.82) is 0 Å². The lowest BCUT2D eigenvalue weighted by Crippen LogP contribution is -2.12. The summed E-state index contributed by atoms with van der Waals surface area (Å²) in [6, 6.07) is 10.2. The van der Waals surface area contributed by atoms with Gasteiger partial charge in [0.2, 0.25) is 0 Å². The molecular formula is C14H13NO3S2. The lowest BCUT2D eigenvalue weighted by molar-refractivity contribution is 0.305. The predicted octanol–water partition coefficient (Wildman–Crippen LogP) is 2.28. The molecule has 1 heterocycles. The van der Waals surface area contributed by atoms with Gasteiger partial charge < -0.3 is 5.11 Å². The van der Waals surface area contributed by atoms with E-state index in [0.717, 1.165) is 11.3 Å². The number of aliphatic hydroxyl groups is 1. The summed E-state index contributed by atoms with van der Waals surface area (Å²) in [5.41, 5.74) is 1.02. The van der Waals surface area contributed by atoms with E-state index in [-0.39, 0.29) is 10.8 Å². The van der Waals surface area contributed by atoms with Gasteiger partial charge in [-0.2, -0.15) is 0 Å². The Labute approximate surface area is 122 Å². The number of hydrogen-bond acceptors (Lipinski definition) is 4.